The van der Waals surface area contributed by atoms with Crippen molar-refractivity contribution in [3.8, 4) is 0 Å². The predicted molar refractivity (Wildman–Crippen MR) is 104 cm³/mol. The lowest BCUT2D eigenvalue weighted by molar-refractivity contribution is -0.137. The molecule has 0 aromatic heterocycles. The Morgan fingerprint density at radius 2 is 2.12 bits per heavy atom. The molecule has 4 heteroatoms. The largest absolute Gasteiger partial charge is 0.481 e. The van der Waals surface area contributed by atoms with Gasteiger partial charge >= 0.3 is 5.97 Å². The van der Waals surface area contributed by atoms with Gasteiger partial charge in [0, 0.05) is 12.3 Å². The van der Waals surface area contributed by atoms with Crippen LogP contribution in [-0.4, -0.2) is 33.5 Å². The second kappa shape index (κ2) is 10.3. The molecule has 2 aliphatic rings. The molecule has 0 spiro atoms. The first kappa shape index (κ1) is 21.2. The molecule has 4 nitrogen and oxygen atoms in total. The Bertz CT molecular complexity index is 510. The van der Waals surface area contributed by atoms with Crippen LogP contribution in [-0.2, 0) is 4.79 Å². The number of carboxylic acids is 1. The summed E-state index contributed by atoms with van der Waals surface area (Å²) in [7, 11) is 0. The minimum atomic E-state index is -0.730. The minimum absolute atomic E-state index is 0.140. The van der Waals surface area contributed by atoms with Crippen LogP contribution in [0.1, 0.15) is 71.6 Å². The Hall–Kier alpha value is -1.13. The van der Waals surface area contributed by atoms with Gasteiger partial charge in [0.15, 0.2) is 0 Å². The van der Waals surface area contributed by atoms with Gasteiger partial charge in [-0.25, -0.2) is 0 Å². The van der Waals surface area contributed by atoms with Crippen molar-refractivity contribution in [3.63, 3.8) is 0 Å². The molecular formula is C22H36O4. The Balaban J connectivity index is 1.85. The summed E-state index contributed by atoms with van der Waals surface area (Å²) in [5.41, 5.74) is 1.42. The van der Waals surface area contributed by atoms with E-state index in [0.717, 1.165) is 44.9 Å². The van der Waals surface area contributed by atoms with E-state index in [9.17, 15) is 15.0 Å². The van der Waals surface area contributed by atoms with E-state index in [1.54, 1.807) is 0 Å². The molecule has 0 amide bonds. The fourth-order valence-electron chi connectivity index (χ4n) is 4.86. The Morgan fingerprint density at radius 1 is 1.35 bits per heavy atom. The van der Waals surface area contributed by atoms with E-state index < -0.39 is 12.1 Å². The van der Waals surface area contributed by atoms with Crippen molar-refractivity contribution in [2.45, 2.75) is 83.8 Å². The highest BCUT2D eigenvalue weighted by Gasteiger charge is 2.44. The van der Waals surface area contributed by atoms with Crippen molar-refractivity contribution in [2.24, 2.45) is 23.7 Å². The zero-order valence-electron chi connectivity index (χ0n) is 16.3. The van der Waals surface area contributed by atoms with E-state index in [0.29, 0.717) is 24.2 Å². The van der Waals surface area contributed by atoms with E-state index in [1.807, 2.05) is 6.08 Å². The van der Waals surface area contributed by atoms with E-state index in [-0.39, 0.29) is 18.4 Å². The molecule has 6 atom stereocenters. The van der Waals surface area contributed by atoms with E-state index in [4.69, 9.17) is 5.11 Å². The summed E-state index contributed by atoms with van der Waals surface area (Å²) in [6.07, 6.45) is 13.2. The average molecular weight is 365 g/mol. The summed E-state index contributed by atoms with van der Waals surface area (Å²) >= 11 is 0. The monoisotopic (exact) mass is 364 g/mol. The number of rotatable bonds is 10. The van der Waals surface area contributed by atoms with E-state index in [1.165, 1.54) is 5.57 Å². The van der Waals surface area contributed by atoms with E-state index in [2.05, 4.69) is 26.0 Å². The average Bonchev–Trinajstić information content (AvgIpc) is 3.06. The van der Waals surface area contributed by atoms with Crippen molar-refractivity contribution >= 4 is 5.97 Å². The quantitative estimate of drug-likeness (QED) is 0.398. The molecule has 26 heavy (non-hydrogen) atoms. The smallest absolute Gasteiger partial charge is 0.303 e. The second-order valence-corrected chi connectivity index (χ2v) is 8.44. The molecule has 0 bridgehead atoms. The lowest BCUT2D eigenvalue weighted by Gasteiger charge is -2.18. The number of aliphatic carboxylic acids is 1. The maximum atomic E-state index is 10.6. The Labute approximate surface area is 158 Å². The van der Waals surface area contributed by atoms with Gasteiger partial charge in [-0.1, -0.05) is 50.5 Å². The highest BCUT2D eigenvalue weighted by atomic mass is 16.4. The molecule has 0 heterocycles. The topological polar surface area (TPSA) is 77.8 Å². The van der Waals surface area contributed by atoms with Crippen LogP contribution in [0.2, 0.25) is 0 Å². The number of carbonyl (C=O) groups is 1. The summed E-state index contributed by atoms with van der Waals surface area (Å²) < 4.78 is 0. The first-order valence-corrected chi connectivity index (χ1v) is 10.3. The normalized spacial score (nSPS) is 32.2. The third-order valence-corrected chi connectivity index (χ3v) is 6.12. The number of aliphatic hydroxyl groups excluding tert-OH is 2. The lowest BCUT2D eigenvalue weighted by Crippen LogP contribution is -2.18. The molecule has 148 valence electrons. The first-order valence-electron chi connectivity index (χ1n) is 10.3. The fraction of sp³-hybridized carbons (Fsp3) is 0.773. The third-order valence-electron chi connectivity index (χ3n) is 6.12. The van der Waals surface area contributed by atoms with Gasteiger partial charge in [0.2, 0.25) is 0 Å². The molecule has 0 radical (unpaired) electrons. The van der Waals surface area contributed by atoms with Crippen molar-refractivity contribution < 1.29 is 20.1 Å². The third kappa shape index (κ3) is 6.24. The standard InChI is InChI=1S/C22H36O4/c1-3-6-15(2)11-18(23)9-10-19-20-13-16(7-4-5-8-22(25)26)12-17(20)14-21(19)24/h7,9-10,15,17-21,23-24H,3-6,8,11-14H2,1-2H3,(H,25,26)/b10-9+,16-7+/t15?,17-,18+,19-,20+,21-/m1/s1. The molecular weight excluding hydrogens is 328 g/mol. The summed E-state index contributed by atoms with van der Waals surface area (Å²) in [4.78, 5) is 10.6. The van der Waals surface area contributed by atoms with E-state index >= 15 is 0 Å². The highest BCUT2D eigenvalue weighted by molar-refractivity contribution is 5.66. The first-order chi connectivity index (χ1) is 12.4. The molecule has 2 aliphatic carbocycles. The van der Waals surface area contributed by atoms with Gasteiger partial charge in [0.05, 0.1) is 12.2 Å². The maximum Gasteiger partial charge on any atom is 0.303 e. The maximum absolute atomic E-state index is 10.6. The van der Waals surface area contributed by atoms with Crippen LogP contribution in [0.4, 0.5) is 0 Å². The van der Waals surface area contributed by atoms with Crippen LogP contribution >= 0.6 is 0 Å². The molecule has 1 unspecified atom stereocenters. The van der Waals surface area contributed by atoms with Crippen LogP contribution in [0.3, 0.4) is 0 Å². The van der Waals surface area contributed by atoms with Gasteiger partial charge in [0.25, 0.3) is 0 Å². The van der Waals surface area contributed by atoms with Gasteiger partial charge in [-0.3, -0.25) is 4.79 Å². The molecule has 0 aromatic carbocycles. The van der Waals surface area contributed by atoms with Gasteiger partial charge in [0.1, 0.15) is 0 Å². The zero-order chi connectivity index (χ0) is 19.1. The molecule has 3 N–H and O–H groups in total. The number of carboxylic acid groups (broad SMARTS) is 1. The number of unbranched alkanes of at least 4 members (excludes halogenated alkanes) is 1. The summed E-state index contributed by atoms with van der Waals surface area (Å²) in [5.74, 6) is 0.925. The predicted octanol–water partition coefficient (Wildman–Crippen LogP) is 4.32. The van der Waals surface area contributed by atoms with Crippen molar-refractivity contribution in [1.29, 1.82) is 0 Å². The van der Waals surface area contributed by atoms with Crippen LogP contribution in [0.25, 0.3) is 0 Å². The molecule has 0 aliphatic heterocycles. The molecule has 0 aromatic rings. The van der Waals surface area contributed by atoms with Gasteiger partial charge < -0.3 is 15.3 Å². The number of hydrogen-bond donors (Lipinski definition) is 3. The number of fused-ring (bicyclic) bond motifs is 1. The fourth-order valence-corrected chi connectivity index (χ4v) is 4.86. The lowest BCUT2D eigenvalue weighted by atomic mass is 9.89. The SMILES string of the molecule is CCCC(C)C[C@@H](O)/C=C/[C@@H]1[C@H]2C/C(=C/CCCC(=O)O)C[C@@H]2C[C@H]1O. The van der Waals surface area contributed by atoms with Gasteiger partial charge in [-0.2, -0.15) is 0 Å². The number of allylic oxidation sites excluding steroid dienone is 2. The van der Waals surface area contributed by atoms with Crippen molar-refractivity contribution in [3.05, 3.63) is 23.8 Å². The summed E-state index contributed by atoms with van der Waals surface area (Å²) in [6.45, 7) is 4.35. The van der Waals surface area contributed by atoms with Crippen molar-refractivity contribution in [2.75, 3.05) is 0 Å². The van der Waals surface area contributed by atoms with Crippen LogP contribution < -0.4 is 0 Å². The second-order valence-electron chi connectivity index (χ2n) is 8.44. The minimum Gasteiger partial charge on any atom is -0.481 e. The molecule has 2 rings (SSSR count). The van der Waals surface area contributed by atoms with Gasteiger partial charge in [-0.05, 0) is 56.3 Å². The van der Waals surface area contributed by atoms with Crippen LogP contribution in [0, 0.1) is 23.7 Å². The van der Waals surface area contributed by atoms with Crippen LogP contribution in [0.15, 0.2) is 23.8 Å². The Kier molecular flexibility index (Phi) is 8.36. The zero-order valence-corrected chi connectivity index (χ0v) is 16.3. The van der Waals surface area contributed by atoms with Crippen LogP contribution in [0.5, 0.6) is 0 Å². The molecule has 2 fully saturated rings. The molecule has 0 saturated heterocycles. The summed E-state index contributed by atoms with van der Waals surface area (Å²) in [6, 6.07) is 0. The van der Waals surface area contributed by atoms with Crippen molar-refractivity contribution in [1.82, 2.24) is 0 Å². The highest BCUT2D eigenvalue weighted by Crippen LogP contribution is 2.50. The Morgan fingerprint density at radius 3 is 2.81 bits per heavy atom. The number of hydrogen-bond acceptors (Lipinski definition) is 3. The number of aliphatic hydroxyl groups is 2. The molecule has 2 saturated carbocycles. The van der Waals surface area contributed by atoms with Gasteiger partial charge in [-0.15, -0.1) is 0 Å². The summed E-state index contributed by atoms with van der Waals surface area (Å²) in [5, 5.41) is 29.4.